The molecule has 0 rings (SSSR count). The highest BCUT2D eigenvalue weighted by atomic mass is 16.5. The van der Waals surface area contributed by atoms with Gasteiger partial charge in [-0.1, -0.05) is 60.8 Å². The van der Waals surface area contributed by atoms with E-state index in [-0.39, 0.29) is 120 Å². The average Bonchev–Trinajstić information content (AvgIpc) is 2.53. The highest BCUT2D eigenvalue weighted by molar-refractivity contribution is 5.92. The van der Waals surface area contributed by atoms with Crippen molar-refractivity contribution in [3.63, 3.8) is 0 Å². The first kappa shape index (κ1) is 88.4. The van der Waals surface area contributed by atoms with Crippen LogP contribution in [0.2, 0.25) is 0 Å². The Hall–Kier alpha value is -4.57. The molecule has 0 aliphatic carbocycles. The van der Waals surface area contributed by atoms with Crippen LogP contribution in [-0.2, 0) is 90.5 Å². The minimum absolute atomic E-state index is 0.0119. The Morgan fingerprint density at radius 3 is 1.13 bits per heavy atom. The maximum absolute atomic E-state index is 14.3. The third-order valence-corrected chi connectivity index (χ3v) is 14.2. The Morgan fingerprint density at radius 2 is 0.634 bits per heavy atom. The third kappa shape index (κ3) is 59.6. The van der Waals surface area contributed by atoms with Gasteiger partial charge in [0.05, 0.1) is 99.1 Å². The van der Waals surface area contributed by atoms with Gasteiger partial charge in [0.1, 0.15) is 35.5 Å². The van der Waals surface area contributed by atoms with E-state index < -0.39 is 41.8 Å². The summed E-state index contributed by atoms with van der Waals surface area (Å²) in [5.74, 6) is -1.69. The minimum atomic E-state index is -1.04. The molecule has 0 saturated heterocycles. The summed E-state index contributed by atoms with van der Waals surface area (Å²) in [5, 5.41) is 17.3. The molecule has 3 atom stereocenters. The number of carbonyl (C=O) groups is 9. The molecule has 0 heterocycles. The van der Waals surface area contributed by atoms with Crippen LogP contribution in [0, 0.1) is 5.92 Å². The van der Waals surface area contributed by atoms with Gasteiger partial charge >= 0.3 is 0 Å². The van der Waals surface area contributed by atoms with Crippen LogP contribution < -0.4 is 31.9 Å². The average molecular weight is 1330 g/mol. The normalized spacial score (nSPS) is 12.3. The number of nitrogens with one attached hydrogen (secondary N) is 6. The number of amides is 6. The van der Waals surface area contributed by atoms with E-state index in [9.17, 15) is 43.2 Å². The predicted molar refractivity (Wildman–Crippen MR) is 356 cm³/mol. The van der Waals surface area contributed by atoms with E-state index in [1.807, 2.05) is 34.6 Å². The molecule has 0 aromatic heterocycles. The summed E-state index contributed by atoms with van der Waals surface area (Å²) in [5.41, 5.74) is 0. The van der Waals surface area contributed by atoms with Crippen LogP contribution in [0.1, 0.15) is 208 Å². The second-order valence-corrected chi connectivity index (χ2v) is 23.5. The zero-order valence-corrected chi connectivity index (χ0v) is 58.2. The van der Waals surface area contributed by atoms with Crippen molar-refractivity contribution in [2.24, 2.45) is 5.92 Å². The molecule has 0 unspecified atom stereocenters. The van der Waals surface area contributed by atoms with Crippen LogP contribution >= 0.6 is 0 Å². The first-order valence-corrected chi connectivity index (χ1v) is 35.2. The lowest BCUT2D eigenvalue weighted by Gasteiger charge is -2.24. The Bertz CT molecular complexity index is 1900. The number of rotatable bonds is 71. The number of unbranched alkanes of at least 4 members (excludes halogenated alkanes) is 5. The smallest absolute Gasteiger partial charge is 0.243 e. The molecule has 542 valence electrons. The lowest BCUT2D eigenvalue weighted by molar-refractivity contribution is -0.132. The van der Waals surface area contributed by atoms with Crippen molar-refractivity contribution in [1.82, 2.24) is 31.9 Å². The molecule has 0 fully saturated rings. The number of ether oxygens (including phenoxy) is 10. The quantitative estimate of drug-likeness (QED) is 0.0352. The van der Waals surface area contributed by atoms with Gasteiger partial charge in [0.15, 0.2) is 0 Å². The van der Waals surface area contributed by atoms with Gasteiger partial charge in [-0.05, 0) is 95.8 Å². The summed E-state index contributed by atoms with van der Waals surface area (Å²) in [7, 11) is 0. The van der Waals surface area contributed by atoms with E-state index in [1.165, 1.54) is 0 Å². The van der Waals surface area contributed by atoms with Crippen molar-refractivity contribution in [3.05, 3.63) is 0 Å². The van der Waals surface area contributed by atoms with Gasteiger partial charge in [-0.25, -0.2) is 0 Å². The molecule has 0 aromatic carbocycles. The van der Waals surface area contributed by atoms with Gasteiger partial charge in [-0.15, -0.1) is 0 Å². The largest absolute Gasteiger partial charge is 0.379 e. The highest BCUT2D eigenvalue weighted by Gasteiger charge is 2.27. The maximum atomic E-state index is 14.3. The molecular formula is C68H126N6O19. The molecule has 25 heteroatoms. The van der Waals surface area contributed by atoms with Crippen LogP contribution in [0.3, 0.4) is 0 Å². The monoisotopic (exact) mass is 1330 g/mol. The molecule has 0 aromatic rings. The number of hydrogen-bond donors (Lipinski definition) is 6. The number of carbonyl (C=O) groups excluding carboxylic acids is 9. The van der Waals surface area contributed by atoms with Crippen molar-refractivity contribution in [3.8, 4) is 0 Å². The fourth-order valence-electron chi connectivity index (χ4n) is 9.06. The van der Waals surface area contributed by atoms with Crippen molar-refractivity contribution in [2.75, 3.05) is 152 Å². The number of ketones is 3. The van der Waals surface area contributed by atoms with Gasteiger partial charge in [0, 0.05) is 110 Å². The predicted octanol–water partition coefficient (Wildman–Crippen LogP) is 6.54. The SMILES string of the molecule is CCCCOCCOCCC(=O)N[C@@H](CCCCCC(=O)CCOCCOCCC)C(=O)N[C@@H](CCCCNC(=O)[C@H](CCCCNC(=O)CCOCCOCCC)NC(=O)CCOCCOCCC)C(=O)NCCOCCOCCCC(=O)CCCC(=O)CC(C)C. The minimum Gasteiger partial charge on any atom is -0.379 e. The molecule has 0 radical (unpaired) electrons. The topological polar surface area (TPSA) is 318 Å². The lowest BCUT2D eigenvalue weighted by atomic mass is 10.0. The molecule has 93 heavy (non-hydrogen) atoms. The van der Waals surface area contributed by atoms with Crippen LogP contribution in [0.4, 0.5) is 0 Å². The van der Waals surface area contributed by atoms with Gasteiger partial charge in [0.2, 0.25) is 35.4 Å². The van der Waals surface area contributed by atoms with Gasteiger partial charge in [0.25, 0.3) is 0 Å². The third-order valence-electron chi connectivity index (χ3n) is 14.2. The molecule has 0 bridgehead atoms. The van der Waals surface area contributed by atoms with Gasteiger partial charge in [-0.2, -0.15) is 0 Å². The van der Waals surface area contributed by atoms with E-state index in [1.54, 1.807) is 0 Å². The lowest BCUT2D eigenvalue weighted by Crippen LogP contribution is -2.54. The maximum Gasteiger partial charge on any atom is 0.243 e. The summed E-state index contributed by atoms with van der Waals surface area (Å²) >= 11 is 0. The molecule has 0 spiro atoms. The first-order chi connectivity index (χ1) is 45.2. The Morgan fingerprint density at radius 1 is 0.269 bits per heavy atom. The Kier molecular flexibility index (Phi) is 62.8. The van der Waals surface area contributed by atoms with E-state index in [0.29, 0.717) is 201 Å². The summed E-state index contributed by atoms with van der Waals surface area (Å²) < 4.78 is 55.4. The van der Waals surface area contributed by atoms with Crippen LogP contribution in [0.5, 0.6) is 0 Å². The number of hydrogen-bond acceptors (Lipinski definition) is 19. The summed E-state index contributed by atoms with van der Waals surface area (Å²) in [4.78, 5) is 118. The van der Waals surface area contributed by atoms with Crippen molar-refractivity contribution in [2.45, 2.75) is 227 Å². The second kappa shape index (κ2) is 66.1. The first-order valence-electron chi connectivity index (χ1n) is 35.2. The summed E-state index contributed by atoms with van der Waals surface area (Å²) in [6.45, 7) is 20.5. The van der Waals surface area contributed by atoms with E-state index in [2.05, 4.69) is 38.8 Å². The summed E-state index contributed by atoms with van der Waals surface area (Å²) in [6, 6.07) is -2.92. The van der Waals surface area contributed by atoms with Crippen LogP contribution in [-0.4, -0.2) is 223 Å². The molecule has 0 aliphatic rings. The standard InChI is InChI=1S/C68H126N6O19/c1-7-11-38-87-48-53-92-43-31-65(80)73-62(25-14-12-13-21-58(76)28-40-89-50-45-84-35-8-2)68(83)74-61(67(82)71-34-44-93-54-49-88-39-20-24-57(75)22-19-23-59(77)55-56(5)6)27-16-18-33-70-66(81)60(72-64(79)30-42-91-52-47-86-37-10-4)26-15-17-32-69-63(78)29-41-90-51-46-85-36-9-3/h56,60-62H,7-55H2,1-6H3,(H,69,78)(H,70,81)(H,71,82)(H,72,79)(H,73,80)(H,74,83)/t60-,61-,62-/m0/s1. The van der Waals surface area contributed by atoms with E-state index in [4.69, 9.17) is 47.4 Å². The van der Waals surface area contributed by atoms with E-state index >= 15 is 0 Å². The Balaban J connectivity index is 5.93. The fraction of sp³-hybridized carbons (Fsp3) is 0.868. The highest BCUT2D eigenvalue weighted by Crippen LogP contribution is 2.12. The molecule has 25 nitrogen and oxygen atoms in total. The van der Waals surface area contributed by atoms with Crippen molar-refractivity contribution >= 4 is 52.8 Å². The number of Topliss-reactive ketones (excluding diaryl/α,β-unsaturated/α-hetero) is 3. The second-order valence-electron chi connectivity index (χ2n) is 23.5. The zero-order chi connectivity index (χ0) is 68.5. The van der Waals surface area contributed by atoms with Crippen LogP contribution in [0.25, 0.3) is 0 Å². The van der Waals surface area contributed by atoms with Crippen LogP contribution in [0.15, 0.2) is 0 Å². The molecule has 6 N–H and O–H groups in total. The molecule has 0 saturated carbocycles. The zero-order valence-electron chi connectivity index (χ0n) is 58.2. The molecule has 6 amide bonds. The fourth-order valence-corrected chi connectivity index (χ4v) is 9.06. The van der Waals surface area contributed by atoms with Gasteiger partial charge < -0.3 is 79.3 Å². The Labute approximate surface area is 557 Å². The summed E-state index contributed by atoms with van der Waals surface area (Å²) in [6.07, 6.45) is 12.6. The van der Waals surface area contributed by atoms with Crippen molar-refractivity contribution < 1.29 is 90.5 Å². The van der Waals surface area contributed by atoms with E-state index in [0.717, 1.165) is 32.1 Å². The van der Waals surface area contributed by atoms with Crippen molar-refractivity contribution in [1.29, 1.82) is 0 Å². The molecular weight excluding hydrogens is 1200 g/mol. The molecule has 0 aliphatic heterocycles. The van der Waals surface area contributed by atoms with Gasteiger partial charge in [-0.3, -0.25) is 43.2 Å².